The van der Waals surface area contributed by atoms with Crippen molar-refractivity contribution in [2.24, 2.45) is 16.6 Å². The molecule has 26 heavy (non-hydrogen) atoms. The van der Waals surface area contributed by atoms with Gasteiger partial charge in [0.25, 0.3) is 0 Å². The summed E-state index contributed by atoms with van der Waals surface area (Å²) in [6, 6.07) is 10.6. The molecule has 0 unspecified atom stereocenters. The van der Waals surface area contributed by atoms with Crippen LogP contribution in [0, 0.1) is 11.7 Å². The second-order valence-corrected chi connectivity index (χ2v) is 7.90. The molecule has 0 spiro atoms. The number of benzene rings is 1. The van der Waals surface area contributed by atoms with E-state index < -0.39 is 4.75 Å². The van der Waals surface area contributed by atoms with Crippen molar-refractivity contribution in [3.8, 4) is 17.1 Å². The zero-order valence-corrected chi connectivity index (χ0v) is 15.4. The summed E-state index contributed by atoms with van der Waals surface area (Å²) in [6.07, 6.45) is -0.00245. The second-order valence-electron chi connectivity index (χ2n) is 6.55. The highest BCUT2D eigenvalue weighted by molar-refractivity contribution is 8.14. The van der Waals surface area contributed by atoms with E-state index in [2.05, 4.69) is 9.98 Å². The van der Waals surface area contributed by atoms with Crippen molar-refractivity contribution in [3.05, 3.63) is 47.8 Å². The summed E-state index contributed by atoms with van der Waals surface area (Å²) < 4.78 is 25.4. The third-order valence-corrected chi connectivity index (χ3v) is 6.45. The highest BCUT2D eigenvalue weighted by Gasteiger charge is 2.53. The maximum Gasteiger partial charge on any atom is 0.213 e. The number of hydrogen-bond donors (Lipinski definition) is 1. The number of methoxy groups -OCH3 is 1. The Balaban J connectivity index is 1.82. The maximum atomic E-state index is 14.9. The molecule has 7 heteroatoms. The predicted octanol–water partition coefficient (Wildman–Crippen LogP) is 3.19. The van der Waals surface area contributed by atoms with Gasteiger partial charge in [-0.3, -0.25) is 4.99 Å². The van der Waals surface area contributed by atoms with Gasteiger partial charge >= 0.3 is 0 Å². The lowest BCUT2D eigenvalue weighted by atomic mass is 9.83. The number of nitrogens with two attached hydrogens (primary N) is 1. The Hall–Kier alpha value is -2.12. The summed E-state index contributed by atoms with van der Waals surface area (Å²) in [5.41, 5.74) is 8.15. The summed E-state index contributed by atoms with van der Waals surface area (Å²) >= 11 is 1.40. The van der Waals surface area contributed by atoms with Crippen LogP contribution >= 0.6 is 11.8 Å². The molecule has 1 aromatic heterocycles. The smallest absolute Gasteiger partial charge is 0.213 e. The highest BCUT2D eigenvalue weighted by atomic mass is 32.2. The molecule has 0 saturated carbocycles. The fourth-order valence-electron chi connectivity index (χ4n) is 3.70. The minimum Gasteiger partial charge on any atom is -0.481 e. The molecule has 136 valence electrons. The molecule has 1 aromatic carbocycles. The van der Waals surface area contributed by atoms with Crippen molar-refractivity contribution >= 4 is 16.9 Å². The number of aromatic nitrogens is 1. The van der Waals surface area contributed by atoms with E-state index in [4.69, 9.17) is 15.2 Å². The van der Waals surface area contributed by atoms with Gasteiger partial charge in [0.2, 0.25) is 5.88 Å². The van der Waals surface area contributed by atoms with Crippen LogP contribution in [0.4, 0.5) is 4.39 Å². The van der Waals surface area contributed by atoms with Crippen LogP contribution in [0.2, 0.25) is 0 Å². The Kier molecular flexibility index (Phi) is 4.36. The lowest BCUT2D eigenvalue weighted by Gasteiger charge is -2.37. The van der Waals surface area contributed by atoms with Crippen molar-refractivity contribution in [2.75, 3.05) is 20.3 Å². The lowest BCUT2D eigenvalue weighted by molar-refractivity contribution is 0.107. The minimum atomic E-state index is -0.565. The molecule has 0 bridgehead atoms. The summed E-state index contributed by atoms with van der Waals surface area (Å²) in [7, 11) is 1.57. The topological polar surface area (TPSA) is 69.7 Å². The number of rotatable bonds is 3. The summed E-state index contributed by atoms with van der Waals surface area (Å²) in [4.78, 5) is 8.81. The first kappa shape index (κ1) is 17.3. The van der Waals surface area contributed by atoms with Gasteiger partial charge in [0.05, 0.1) is 30.3 Å². The molecule has 2 N–H and O–H groups in total. The number of nitrogens with zero attached hydrogens (tertiary/aromatic N) is 2. The van der Waals surface area contributed by atoms with Gasteiger partial charge < -0.3 is 15.2 Å². The Bertz CT molecular complexity index is 876. The van der Waals surface area contributed by atoms with Crippen LogP contribution in [-0.2, 0) is 9.48 Å². The summed E-state index contributed by atoms with van der Waals surface area (Å²) in [5, 5.41) is 0.475. The number of fused-ring (bicyclic) bond motifs is 1. The molecule has 2 aliphatic rings. The van der Waals surface area contributed by atoms with E-state index >= 15 is 0 Å². The molecule has 5 nitrogen and oxygen atoms in total. The number of thioether (sulfide) groups is 1. The molecule has 3 heterocycles. The van der Waals surface area contributed by atoms with E-state index in [9.17, 15) is 4.39 Å². The van der Waals surface area contributed by atoms with Gasteiger partial charge in [-0.25, -0.2) is 9.37 Å². The van der Waals surface area contributed by atoms with Gasteiger partial charge in [-0.15, -0.1) is 0 Å². The zero-order chi connectivity index (χ0) is 18.3. The second kappa shape index (κ2) is 6.55. The van der Waals surface area contributed by atoms with Crippen LogP contribution in [0.3, 0.4) is 0 Å². The van der Waals surface area contributed by atoms with Crippen LogP contribution in [-0.4, -0.2) is 36.5 Å². The molecule has 3 atom stereocenters. The number of hydrogen-bond acceptors (Lipinski definition) is 6. The zero-order valence-electron chi connectivity index (χ0n) is 14.6. The first-order chi connectivity index (χ1) is 12.5. The number of amidine groups is 1. The molecule has 2 aliphatic heterocycles. The van der Waals surface area contributed by atoms with Gasteiger partial charge in [-0.05, 0) is 31.2 Å². The molecule has 2 aromatic rings. The summed E-state index contributed by atoms with van der Waals surface area (Å²) in [6.45, 7) is 2.96. The lowest BCUT2D eigenvalue weighted by Crippen LogP contribution is -2.41. The van der Waals surface area contributed by atoms with E-state index in [1.54, 1.807) is 19.2 Å². The van der Waals surface area contributed by atoms with Gasteiger partial charge in [0.1, 0.15) is 5.82 Å². The Labute approximate surface area is 155 Å². The first-order valence-electron chi connectivity index (χ1n) is 8.45. The quantitative estimate of drug-likeness (QED) is 0.895. The third-order valence-electron chi connectivity index (χ3n) is 5.11. The van der Waals surface area contributed by atoms with Crippen molar-refractivity contribution in [3.63, 3.8) is 0 Å². The minimum absolute atomic E-state index is 0.00245. The van der Waals surface area contributed by atoms with E-state index in [1.807, 2.05) is 25.1 Å². The van der Waals surface area contributed by atoms with E-state index in [0.717, 1.165) is 11.3 Å². The van der Waals surface area contributed by atoms with Gasteiger partial charge in [-0.1, -0.05) is 17.8 Å². The molecular weight excluding hydrogens is 353 g/mol. The average molecular weight is 373 g/mol. The molecule has 0 amide bonds. The first-order valence-corrected chi connectivity index (χ1v) is 9.27. The Morgan fingerprint density at radius 3 is 3.00 bits per heavy atom. The SMILES string of the molecule is COc1cccc(-c2ccc(F)c([C@]34CO[C@H](C)[C@@H]3CN=C(N)S4)c2)n1. The van der Waals surface area contributed by atoms with E-state index in [1.165, 1.54) is 17.8 Å². The normalized spacial score (nSPS) is 27.7. The molecule has 0 radical (unpaired) electrons. The van der Waals surface area contributed by atoms with Gasteiger partial charge in [-0.2, -0.15) is 0 Å². The van der Waals surface area contributed by atoms with E-state index in [0.29, 0.717) is 29.8 Å². The average Bonchev–Trinajstić information content (AvgIpc) is 2.99. The molecular formula is C19H20FN3O2S. The van der Waals surface area contributed by atoms with E-state index in [-0.39, 0.29) is 17.8 Å². The molecule has 1 saturated heterocycles. The van der Waals surface area contributed by atoms with Crippen LogP contribution in [0.5, 0.6) is 5.88 Å². The standard InChI is InChI=1S/C19H20FN3O2S/c1-11-14-9-22-18(21)26-19(14,10-25-11)13-8-12(6-7-15(13)20)16-4-3-5-17(23-16)24-2/h3-8,11,14H,9-10H2,1-2H3,(H2,21,22)/t11-,14+,19-/m1/s1. The highest BCUT2D eigenvalue weighted by Crippen LogP contribution is 2.53. The monoisotopic (exact) mass is 373 g/mol. The fraction of sp³-hybridized carbons (Fsp3) is 0.368. The fourth-order valence-corrected chi connectivity index (χ4v) is 5.02. The van der Waals surface area contributed by atoms with Crippen LogP contribution in [0.1, 0.15) is 12.5 Å². The number of pyridine rings is 1. The van der Waals surface area contributed by atoms with Crippen LogP contribution < -0.4 is 10.5 Å². The summed E-state index contributed by atoms with van der Waals surface area (Å²) in [5.74, 6) is 0.329. The van der Waals surface area contributed by atoms with Crippen LogP contribution in [0.15, 0.2) is 41.4 Å². The molecule has 1 fully saturated rings. The van der Waals surface area contributed by atoms with Crippen LogP contribution in [0.25, 0.3) is 11.3 Å². The number of ether oxygens (including phenoxy) is 2. The molecule has 0 aliphatic carbocycles. The van der Waals surface area contributed by atoms with Crippen molar-refractivity contribution in [1.82, 2.24) is 4.98 Å². The predicted molar refractivity (Wildman–Crippen MR) is 101 cm³/mol. The van der Waals surface area contributed by atoms with Crippen molar-refractivity contribution < 1.29 is 13.9 Å². The van der Waals surface area contributed by atoms with Crippen molar-refractivity contribution in [2.45, 2.75) is 17.8 Å². The Morgan fingerprint density at radius 2 is 2.19 bits per heavy atom. The van der Waals surface area contributed by atoms with Gasteiger partial charge in [0.15, 0.2) is 5.17 Å². The number of aliphatic imine (C=N–C) groups is 1. The maximum absolute atomic E-state index is 14.9. The largest absolute Gasteiger partial charge is 0.481 e. The third kappa shape index (κ3) is 2.75. The van der Waals surface area contributed by atoms with Gasteiger partial charge in [0, 0.05) is 29.7 Å². The Morgan fingerprint density at radius 1 is 1.35 bits per heavy atom. The van der Waals surface area contributed by atoms with Crippen molar-refractivity contribution in [1.29, 1.82) is 0 Å². The molecule has 4 rings (SSSR count). The number of halogens is 1.